The van der Waals surface area contributed by atoms with E-state index in [2.05, 4.69) is 11.2 Å². The Morgan fingerprint density at radius 1 is 1.26 bits per heavy atom. The number of hydrogen-bond donors (Lipinski definition) is 0. The Kier molecular flexibility index (Phi) is 4.61. The van der Waals surface area contributed by atoms with E-state index in [0.717, 1.165) is 22.4 Å². The number of fused-ring (bicyclic) bond motifs is 1. The van der Waals surface area contributed by atoms with Gasteiger partial charge in [-0.2, -0.15) is 0 Å². The number of hydrogen-bond acceptors (Lipinski definition) is 6. The summed E-state index contributed by atoms with van der Waals surface area (Å²) in [5, 5.41) is 5.94. The van der Waals surface area contributed by atoms with Crippen LogP contribution in [0.4, 0.5) is 0 Å². The first-order valence-electron chi connectivity index (χ1n) is 8.65. The van der Waals surface area contributed by atoms with Crippen LogP contribution >= 0.6 is 11.3 Å². The van der Waals surface area contributed by atoms with Crippen LogP contribution in [0.1, 0.15) is 38.3 Å². The Hall–Kier alpha value is -2.80. The van der Waals surface area contributed by atoms with Gasteiger partial charge in [-0.15, -0.1) is 11.3 Å². The second kappa shape index (κ2) is 7.08. The number of benzene rings is 1. The molecule has 3 aromatic rings. The van der Waals surface area contributed by atoms with Crippen molar-refractivity contribution in [3.05, 3.63) is 63.2 Å². The van der Waals surface area contributed by atoms with Crippen molar-refractivity contribution in [1.82, 2.24) is 10.1 Å². The Labute approximate surface area is 161 Å². The molecule has 7 heteroatoms. The molecule has 1 aliphatic rings. The maximum absolute atomic E-state index is 13.2. The summed E-state index contributed by atoms with van der Waals surface area (Å²) in [6.07, 6.45) is 0.736. The number of ether oxygens (including phenoxy) is 2. The smallest absolute Gasteiger partial charge is 0.276 e. The van der Waals surface area contributed by atoms with Crippen LogP contribution in [0.15, 0.2) is 40.2 Å². The van der Waals surface area contributed by atoms with Crippen LogP contribution in [0, 0.1) is 6.92 Å². The lowest BCUT2D eigenvalue weighted by Crippen LogP contribution is -2.40. The number of carbonyl (C=O) groups is 1. The number of nitrogens with zero attached hydrogens (tertiary/aromatic N) is 2. The summed E-state index contributed by atoms with van der Waals surface area (Å²) in [7, 11) is 3.25. The number of amides is 1. The molecule has 6 nitrogen and oxygen atoms in total. The van der Waals surface area contributed by atoms with E-state index in [-0.39, 0.29) is 11.9 Å². The zero-order chi connectivity index (χ0) is 19.0. The van der Waals surface area contributed by atoms with Crippen molar-refractivity contribution in [3.8, 4) is 11.5 Å². The molecule has 0 saturated carbocycles. The molecule has 0 radical (unpaired) electrons. The monoisotopic (exact) mass is 384 g/mol. The lowest BCUT2D eigenvalue weighted by atomic mass is 9.90. The van der Waals surface area contributed by atoms with E-state index in [1.165, 1.54) is 0 Å². The number of carbonyl (C=O) groups excluding carboxylic acids is 1. The molecule has 27 heavy (non-hydrogen) atoms. The van der Waals surface area contributed by atoms with Gasteiger partial charge in [0.15, 0.2) is 17.2 Å². The highest BCUT2D eigenvalue weighted by molar-refractivity contribution is 7.10. The molecular formula is C20H20N2O4S. The third-order valence-electron chi connectivity index (χ3n) is 4.79. The molecule has 0 unspecified atom stereocenters. The molecule has 1 aliphatic heterocycles. The van der Waals surface area contributed by atoms with Gasteiger partial charge in [-0.1, -0.05) is 11.2 Å². The van der Waals surface area contributed by atoms with Crippen molar-refractivity contribution in [3.63, 3.8) is 0 Å². The molecule has 140 valence electrons. The third kappa shape index (κ3) is 3.08. The SMILES string of the molecule is COc1cc2c(cc1OC)[C@H](c1cccs1)N(C(=O)c1cc(C)on1)CC2. The van der Waals surface area contributed by atoms with Gasteiger partial charge in [0.1, 0.15) is 5.76 Å². The number of rotatable bonds is 4. The predicted molar refractivity (Wildman–Crippen MR) is 102 cm³/mol. The van der Waals surface area contributed by atoms with Gasteiger partial charge in [0.2, 0.25) is 0 Å². The quantitative estimate of drug-likeness (QED) is 0.684. The maximum Gasteiger partial charge on any atom is 0.276 e. The second-order valence-electron chi connectivity index (χ2n) is 6.40. The largest absolute Gasteiger partial charge is 0.493 e. The van der Waals surface area contributed by atoms with Crippen molar-refractivity contribution in [1.29, 1.82) is 0 Å². The number of aromatic nitrogens is 1. The van der Waals surface area contributed by atoms with Gasteiger partial charge in [0.25, 0.3) is 5.91 Å². The highest BCUT2D eigenvalue weighted by Gasteiger charge is 2.35. The fourth-order valence-corrected chi connectivity index (χ4v) is 4.39. The first kappa shape index (κ1) is 17.6. The van der Waals surface area contributed by atoms with Crippen molar-refractivity contribution in [2.24, 2.45) is 0 Å². The van der Waals surface area contributed by atoms with E-state index >= 15 is 0 Å². The van der Waals surface area contributed by atoms with Crippen molar-refractivity contribution >= 4 is 17.2 Å². The zero-order valence-electron chi connectivity index (χ0n) is 15.4. The molecule has 4 rings (SSSR count). The van der Waals surface area contributed by atoms with E-state index in [1.807, 2.05) is 28.5 Å². The number of thiophene rings is 1. The summed E-state index contributed by atoms with van der Waals surface area (Å²) in [4.78, 5) is 16.1. The molecule has 3 heterocycles. The summed E-state index contributed by atoms with van der Waals surface area (Å²) in [6, 6.07) is 9.52. The highest BCUT2D eigenvalue weighted by Crippen LogP contribution is 2.42. The van der Waals surface area contributed by atoms with Gasteiger partial charge in [-0.05, 0) is 48.1 Å². The summed E-state index contributed by atoms with van der Waals surface area (Å²) in [6.45, 7) is 2.37. The van der Waals surface area contributed by atoms with Crippen LogP contribution in [0.5, 0.6) is 11.5 Å². The summed E-state index contributed by atoms with van der Waals surface area (Å²) in [5.41, 5.74) is 2.54. The first-order valence-corrected chi connectivity index (χ1v) is 9.52. The number of aryl methyl sites for hydroxylation is 1. The van der Waals surface area contributed by atoms with Crippen LogP contribution in [-0.2, 0) is 6.42 Å². The Bertz CT molecular complexity index is 965. The highest BCUT2D eigenvalue weighted by atomic mass is 32.1. The van der Waals surface area contributed by atoms with Gasteiger partial charge in [0, 0.05) is 17.5 Å². The zero-order valence-corrected chi connectivity index (χ0v) is 16.2. The van der Waals surface area contributed by atoms with Crippen LogP contribution < -0.4 is 9.47 Å². The lowest BCUT2D eigenvalue weighted by molar-refractivity contribution is 0.0686. The number of methoxy groups -OCH3 is 2. The van der Waals surface area contributed by atoms with Crippen molar-refractivity contribution in [2.75, 3.05) is 20.8 Å². The molecule has 0 saturated heterocycles. The predicted octanol–water partition coefficient (Wildman–Crippen LogP) is 3.85. The minimum atomic E-state index is -0.196. The molecule has 1 atom stereocenters. The molecule has 0 aliphatic carbocycles. The molecular weight excluding hydrogens is 364 g/mol. The molecule has 0 fully saturated rings. The molecule has 1 aromatic carbocycles. The summed E-state index contributed by atoms with van der Waals surface area (Å²) < 4.78 is 16.1. The Morgan fingerprint density at radius 2 is 2.04 bits per heavy atom. The first-order chi connectivity index (χ1) is 13.1. The van der Waals surface area contributed by atoms with Gasteiger partial charge in [-0.25, -0.2) is 0 Å². The lowest BCUT2D eigenvalue weighted by Gasteiger charge is -2.37. The normalized spacial score (nSPS) is 16.1. The van der Waals surface area contributed by atoms with E-state index in [9.17, 15) is 4.79 Å². The third-order valence-corrected chi connectivity index (χ3v) is 5.72. The van der Waals surface area contributed by atoms with Gasteiger partial charge in [-0.3, -0.25) is 4.79 Å². The van der Waals surface area contributed by atoms with E-state index < -0.39 is 0 Å². The van der Waals surface area contributed by atoms with Crippen molar-refractivity contribution in [2.45, 2.75) is 19.4 Å². The fraction of sp³-hybridized carbons (Fsp3) is 0.300. The fourth-order valence-electron chi connectivity index (χ4n) is 3.53. The Morgan fingerprint density at radius 3 is 2.67 bits per heavy atom. The maximum atomic E-state index is 13.2. The average Bonchev–Trinajstić information content (AvgIpc) is 3.37. The standard InChI is InChI=1S/C20H20N2O4S/c1-12-9-15(21-26-12)20(23)22-7-6-13-10-16(24-2)17(25-3)11-14(13)19(22)18-5-4-8-27-18/h4-5,8-11,19H,6-7H2,1-3H3/t19-/m1/s1. The minimum Gasteiger partial charge on any atom is -0.493 e. The summed E-state index contributed by atoms with van der Waals surface area (Å²) >= 11 is 1.63. The van der Waals surface area contributed by atoms with Gasteiger partial charge >= 0.3 is 0 Å². The molecule has 1 amide bonds. The topological polar surface area (TPSA) is 64.8 Å². The molecule has 0 bridgehead atoms. The van der Waals surface area contributed by atoms with E-state index in [1.54, 1.807) is 38.5 Å². The average molecular weight is 384 g/mol. The van der Waals surface area contributed by atoms with Gasteiger partial charge in [0.05, 0.1) is 20.3 Å². The van der Waals surface area contributed by atoms with Crippen LogP contribution in [-0.4, -0.2) is 36.7 Å². The minimum absolute atomic E-state index is 0.134. The molecule has 0 N–H and O–H groups in total. The molecule has 0 spiro atoms. The van der Waals surface area contributed by atoms with E-state index in [4.69, 9.17) is 14.0 Å². The molecule has 2 aromatic heterocycles. The Balaban J connectivity index is 1.82. The van der Waals surface area contributed by atoms with Crippen LogP contribution in [0.3, 0.4) is 0 Å². The van der Waals surface area contributed by atoms with Crippen LogP contribution in [0.2, 0.25) is 0 Å². The second-order valence-corrected chi connectivity index (χ2v) is 7.37. The summed E-state index contributed by atoms with van der Waals surface area (Å²) in [5.74, 6) is 1.85. The van der Waals surface area contributed by atoms with E-state index in [0.29, 0.717) is 29.5 Å². The van der Waals surface area contributed by atoms with Crippen LogP contribution in [0.25, 0.3) is 0 Å². The van der Waals surface area contributed by atoms with Crippen molar-refractivity contribution < 1.29 is 18.8 Å². The van der Waals surface area contributed by atoms with Gasteiger partial charge < -0.3 is 18.9 Å².